The highest BCUT2D eigenvalue weighted by Crippen LogP contribution is 2.48. The second-order valence-electron chi connectivity index (χ2n) is 6.61. The number of rotatable bonds is 2. The minimum Gasteiger partial charge on any atom is -0.292 e. The van der Waals surface area contributed by atoms with Crippen LogP contribution in [-0.4, -0.2) is 29.7 Å². The first-order valence-corrected chi connectivity index (χ1v) is 6.30. The quantitative estimate of drug-likeness (QED) is 0.679. The monoisotopic (exact) mass is 213 g/mol. The Morgan fingerprint density at radius 1 is 1.33 bits per heavy atom. The zero-order valence-electron chi connectivity index (χ0n) is 10.4. The fourth-order valence-electron chi connectivity index (χ4n) is 3.81. The number of nitrogens with zero attached hydrogens (tertiary/aromatic N) is 1. The summed E-state index contributed by atoms with van der Waals surface area (Å²) in [5.41, 5.74) is 0.725. The van der Waals surface area contributed by atoms with Crippen LogP contribution in [0.15, 0.2) is 0 Å². The van der Waals surface area contributed by atoms with E-state index in [2.05, 4.69) is 25.7 Å². The van der Waals surface area contributed by atoms with Crippen molar-refractivity contribution in [1.82, 2.24) is 4.90 Å². The molecule has 0 aromatic heterocycles. The molecule has 2 fully saturated rings. The van der Waals surface area contributed by atoms with Gasteiger partial charge in [-0.1, -0.05) is 20.8 Å². The summed E-state index contributed by atoms with van der Waals surface area (Å²) in [7, 11) is 0. The standard InChI is InChI=1S/C13H24FN/c1-12(2,3)10-13-6-4-8-15(13)11(9-14)5-7-13/h11H,4-10H2,1-3H3. The summed E-state index contributed by atoms with van der Waals surface area (Å²) in [5, 5.41) is 0. The van der Waals surface area contributed by atoms with Crippen molar-refractivity contribution in [3.05, 3.63) is 0 Å². The minimum atomic E-state index is -0.147. The molecule has 2 heterocycles. The van der Waals surface area contributed by atoms with Gasteiger partial charge in [-0.2, -0.15) is 0 Å². The molecule has 0 aromatic carbocycles. The first-order valence-electron chi connectivity index (χ1n) is 6.30. The first kappa shape index (κ1) is 11.4. The first-order chi connectivity index (χ1) is 6.97. The van der Waals surface area contributed by atoms with Crippen molar-refractivity contribution in [3.8, 4) is 0 Å². The van der Waals surface area contributed by atoms with E-state index in [0.29, 0.717) is 11.0 Å². The normalized spacial score (nSPS) is 37.2. The lowest BCUT2D eigenvalue weighted by Crippen LogP contribution is -2.45. The van der Waals surface area contributed by atoms with E-state index in [-0.39, 0.29) is 12.7 Å². The fourth-order valence-corrected chi connectivity index (χ4v) is 3.81. The summed E-state index contributed by atoms with van der Waals surface area (Å²) in [6, 6.07) is 0.231. The van der Waals surface area contributed by atoms with Crippen LogP contribution in [0.2, 0.25) is 0 Å². The van der Waals surface area contributed by atoms with Gasteiger partial charge in [-0.15, -0.1) is 0 Å². The van der Waals surface area contributed by atoms with Crippen LogP contribution in [0.3, 0.4) is 0 Å². The number of fused-ring (bicyclic) bond motifs is 1. The van der Waals surface area contributed by atoms with E-state index in [4.69, 9.17) is 0 Å². The van der Waals surface area contributed by atoms with Crippen LogP contribution in [-0.2, 0) is 0 Å². The summed E-state index contributed by atoms with van der Waals surface area (Å²) in [6.07, 6.45) is 6.09. The van der Waals surface area contributed by atoms with Gasteiger partial charge in [0.05, 0.1) is 0 Å². The third kappa shape index (κ3) is 2.06. The predicted octanol–water partition coefficient (Wildman–Crippen LogP) is 3.39. The Labute approximate surface area is 93.0 Å². The van der Waals surface area contributed by atoms with E-state index in [1.165, 1.54) is 25.7 Å². The molecule has 15 heavy (non-hydrogen) atoms. The Balaban J connectivity index is 2.13. The Bertz CT molecular complexity index is 233. The summed E-state index contributed by atoms with van der Waals surface area (Å²) in [4.78, 5) is 2.48. The molecule has 1 nitrogen and oxygen atoms in total. The highest BCUT2D eigenvalue weighted by Gasteiger charge is 2.50. The zero-order valence-corrected chi connectivity index (χ0v) is 10.4. The van der Waals surface area contributed by atoms with Gasteiger partial charge < -0.3 is 0 Å². The predicted molar refractivity (Wildman–Crippen MR) is 61.7 cm³/mol. The Hall–Kier alpha value is -0.110. The molecule has 2 aliphatic heterocycles. The number of halogens is 1. The molecular formula is C13H24FN. The van der Waals surface area contributed by atoms with E-state index in [1.54, 1.807) is 0 Å². The summed E-state index contributed by atoms with van der Waals surface area (Å²) < 4.78 is 12.9. The third-order valence-electron chi connectivity index (χ3n) is 4.07. The fraction of sp³-hybridized carbons (Fsp3) is 1.00. The maximum Gasteiger partial charge on any atom is 0.105 e. The molecule has 88 valence electrons. The van der Waals surface area contributed by atoms with Gasteiger partial charge in [0, 0.05) is 11.6 Å². The Kier molecular flexibility index (Phi) is 2.83. The van der Waals surface area contributed by atoms with Crippen LogP contribution < -0.4 is 0 Å². The van der Waals surface area contributed by atoms with E-state index in [9.17, 15) is 4.39 Å². The van der Waals surface area contributed by atoms with Gasteiger partial charge in [0.2, 0.25) is 0 Å². The molecule has 0 N–H and O–H groups in total. The second kappa shape index (κ2) is 3.73. The maximum atomic E-state index is 12.9. The molecular weight excluding hydrogens is 189 g/mol. The molecule has 0 radical (unpaired) electrons. The highest BCUT2D eigenvalue weighted by atomic mass is 19.1. The van der Waals surface area contributed by atoms with Gasteiger partial charge in [0.25, 0.3) is 0 Å². The van der Waals surface area contributed by atoms with Crippen molar-refractivity contribution in [2.75, 3.05) is 13.2 Å². The van der Waals surface area contributed by atoms with Gasteiger partial charge in [-0.25, -0.2) is 4.39 Å². The third-order valence-corrected chi connectivity index (χ3v) is 4.07. The molecule has 2 unspecified atom stereocenters. The summed E-state index contributed by atoms with van der Waals surface area (Å²) >= 11 is 0. The zero-order chi connectivity index (χ0) is 11.1. The molecule has 2 aliphatic rings. The van der Waals surface area contributed by atoms with E-state index in [1.807, 2.05) is 0 Å². The lowest BCUT2D eigenvalue weighted by Gasteiger charge is -2.39. The van der Waals surface area contributed by atoms with Gasteiger partial charge in [0.1, 0.15) is 6.67 Å². The molecule has 0 bridgehead atoms. The van der Waals surface area contributed by atoms with Gasteiger partial charge in [-0.05, 0) is 44.1 Å². The van der Waals surface area contributed by atoms with E-state index in [0.717, 1.165) is 13.0 Å². The minimum absolute atomic E-state index is 0.147. The van der Waals surface area contributed by atoms with Crippen LogP contribution in [0.1, 0.15) is 52.9 Å². The van der Waals surface area contributed by atoms with E-state index >= 15 is 0 Å². The molecule has 2 rings (SSSR count). The molecule has 0 saturated carbocycles. The summed E-state index contributed by atoms with van der Waals surface area (Å²) in [6.45, 7) is 7.90. The van der Waals surface area contributed by atoms with Crippen molar-refractivity contribution in [2.45, 2.75) is 64.5 Å². The molecule has 2 atom stereocenters. The summed E-state index contributed by atoms with van der Waals surface area (Å²) in [5.74, 6) is 0. The number of alkyl halides is 1. The highest BCUT2D eigenvalue weighted by molar-refractivity contribution is 5.05. The van der Waals surface area contributed by atoms with Gasteiger partial charge >= 0.3 is 0 Å². The average molecular weight is 213 g/mol. The van der Waals surface area contributed by atoms with Crippen molar-refractivity contribution < 1.29 is 4.39 Å². The van der Waals surface area contributed by atoms with Gasteiger partial charge in [0.15, 0.2) is 0 Å². The van der Waals surface area contributed by atoms with Gasteiger partial charge in [-0.3, -0.25) is 4.90 Å². The Morgan fingerprint density at radius 3 is 2.67 bits per heavy atom. The van der Waals surface area contributed by atoms with Crippen molar-refractivity contribution in [3.63, 3.8) is 0 Å². The molecule has 0 aromatic rings. The molecule has 2 saturated heterocycles. The topological polar surface area (TPSA) is 3.24 Å². The average Bonchev–Trinajstić information content (AvgIpc) is 2.58. The Morgan fingerprint density at radius 2 is 2.07 bits per heavy atom. The van der Waals surface area contributed by atoms with Crippen LogP contribution in [0.4, 0.5) is 4.39 Å². The van der Waals surface area contributed by atoms with Crippen LogP contribution in [0, 0.1) is 5.41 Å². The van der Waals surface area contributed by atoms with Crippen LogP contribution >= 0.6 is 0 Å². The SMILES string of the molecule is CC(C)(C)CC12CCCN1C(CF)CC2. The smallest absolute Gasteiger partial charge is 0.105 e. The molecule has 0 spiro atoms. The molecule has 2 heteroatoms. The number of hydrogen-bond donors (Lipinski definition) is 0. The molecule has 0 aliphatic carbocycles. The largest absolute Gasteiger partial charge is 0.292 e. The second-order valence-corrected chi connectivity index (χ2v) is 6.61. The lowest BCUT2D eigenvalue weighted by atomic mass is 9.77. The lowest BCUT2D eigenvalue weighted by molar-refractivity contribution is 0.0915. The van der Waals surface area contributed by atoms with E-state index < -0.39 is 0 Å². The molecule has 0 amide bonds. The van der Waals surface area contributed by atoms with Crippen LogP contribution in [0.25, 0.3) is 0 Å². The van der Waals surface area contributed by atoms with Crippen molar-refractivity contribution >= 4 is 0 Å². The number of hydrogen-bond acceptors (Lipinski definition) is 1. The maximum absolute atomic E-state index is 12.9. The van der Waals surface area contributed by atoms with Crippen molar-refractivity contribution in [2.24, 2.45) is 5.41 Å². The van der Waals surface area contributed by atoms with Crippen LogP contribution in [0.5, 0.6) is 0 Å². The van der Waals surface area contributed by atoms with Crippen molar-refractivity contribution in [1.29, 1.82) is 0 Å².